The van der Waals surface area contributed by atoms with Crippen molar-refractivity contribution in [2.75, 3.05) is 33.0 Å². The van der Waals surface area contributed by atoms with Gasteiger partial charge in [-0.1, -0.05) is 42.5 Å². The maximum Gasteiger partial charge on any atom is 0.330 e. The summed E-state index contributed by atoms with van der Waals surface area (Å²) in [7, 11) is 0. The number of carboxylic acid groups (broad SMARTS) is 1. The molecule has 5 saturated heterocycles. The number of ether oxygens (including phenoxy) is 15. The van der Waals surface area contributed by atoms with Crippen molar-refractivity contribution < 1.29 is 197 Å². The van der Waals surface area contributed by atoms with Gasteiger partial charge in [0.2, 0.25) is 31.5 Å². The summed E-state index contributed by atoms with van der Waals surface area (Å²) in [6, 6.07) is 22.7. The molecule has 0 spiro atoms. The van der Waals surface area contributed by atoms with Gasteiger partial charge >= 0.3 is 29.8 Å². The molecule has 622 valence electrons. The highest BCUT2D eigenvalue weighted by molar-refractivity contribution is 5.90. The molecule has 0 radical (unpaired) electrons. The standard InChI is InChI=1S/C75H82O40/c76-26-45-55(86)60(91)65(96)71(111-45)105-36-13-3-32(4-14-36)8-19-52(83)101-27-46-56(87)61(92)66(97)72(112-46)106-37-15-5-33(6-16-37)9-20-53(84)103-29-48-58(89)63(94)68(99)74(114-48)109-43-21-34(10-17-40(43)78)70-44(110-75-69(100)64(95)59(90)49(115-75)30-104-54(85)25-50(80)81)24-39-41(79)22-38(23-42(39)108-70)107-73-67(98)62(93)57(88)47(113-73)28-102-51(82)18-7-31-1-11-35(77)12-2-31/h1-24,45-49,55-79,86-100H,25-30H2,(H,80,81)/b18-7+,19-8+,20-9+/t45-,46-,47-,48-,49-,55-,56-,57-,58-,59-,60+,61+,62+,63-,64-,65-,66-,67-,68+,69-,70?,71-,72-,73-,74-,75-/m1/s1. The second kappa shape index (κ2) is 38.0. The van der Waals surface area contributed by atoms with E-state index in [-0.39, 0.29) is 39.9 Å². The Labute approximate surface area is 649 Å². The van der Waals surface area contributed by atoms with Crippen molar-refractivity contribution in [2.24, 2.45) is 0 Å². The van der Waals surface area contributed by atoms with Gasteiger partial charge in [-0.05, 0) is 89.5 Å². The predicted octanol–water partition coefficient (Wildman–Crippen LogP) is -4.37. The largest absolute Gasteiger partial charge is 0.508 e. The molecule has 5 aromatic rings. The van der Waals surface area contributed by atoms with Gasteiger partial charge in [-0.2, -0.15) is 0 Å². The zero-order chi connectivity index (χ0) is 82.8. The number of fused-ring (bicyclic) bond motifs is 1. The van der Waals surface area contributed by atoms with Crippen LogP contribution in [0.2, 0.25) is 0 Å². The molecule has 11 rings (SSSR count). The number of aromatic hydroxyl groups is 3. The van der Waals surface area contributed by atoms with E-state index < -0.39 is 252 Å². The average Bonchev–Trinajstić information content (AvgIpc) is 0.763. The number of carbonyl (C=O) groups excluding carboxylic acids is 4. The lowest BCUT2D eigenvalue weighted by Crippen LogP contribution is -2.60. The van der Waals surface area contributed by atoms with E-state index in [0.29, 0.717) is 16.7 Å². The van der Waals surface area contributed by atoms with Gasteiger partial charge in [-0.3, -0.25) is 9.59 Å². The lowest BCUT2D eigenvalue weighted by atomic mass is 9.98. The van der Waals surface area contributed by atoms with E-state index in [9.17, 15) is 121 Å². The minimum atomic E-state index is -2.13. The third-order valence-electron chi connectivity index (χ3n) is 18.7. The van der Waals surface area contributed by atoms with Crippen LogP contribution < -0.4 is 23.7 Å². The fraction of sp³-hybridized carbons (Fsp3) is 0.427. The molecule has 20 N–H and O–H groups in total. The average molecular weight is 1620 g/mol. The van der Waals surface area contributed by atoms with E-state index in [4.69, 9.17) is 76.2 Å². The first-order chi connectivity index (χ1) is 54.8. The van der Waals surface area contributed by atoms with E-state index in [1.54, 1.807) is 0 Å². The Morgan fingerprint density at radius 3 is 1.15 bits per heavy atom. The van der Waals surface area contributed by atoms with E-state index in [2.05, 4.69) is 0 Å². The molecule has 26 atom stereocenters. The normalized spacial score (nSPS) is 32.7. The molecular weight excluding hydrogens is 1540 g/mol. The summed E-state index contributed by atoms with van der Waals surface area (Å²) < 4.78 is 84.6. The molecule has 115 heavy (non-hydrogen) atoms. The number of rotatable bonds is 28. The Balaban J connectivity index is 0.718. The second-order valence-electron chi connectivity index (χ2n) is 26.8. The van der Waals surface area contributed by atoms with Crippen LogP contribution in [0.3, 0.4) is 0 Å². The Hall–Kier alpha value is -10.2. The van der Waals surface area contributed by atoms with Crippen molar-refractivity contribution >= 4 is 54.2 Å². The zero-order valence-corrected chi connectivity index (χ0v) is 59.7. The van der Waals surface area contributed by atoms with Crippen LogP contribution in [-0.2, 0) is 71.3 Å². The monoisotopic (exact) mass is 1620 g/mol. The topological polar surface area (TPSA) is 628 Å². The Bertz CT molecular complexity index is 4290. The predicted molar refractivity (Wildman–Crippen MR) is 376 cm³/mol. The first kappa shape index (κ1) is 85.6. The third kappa shape index (κ3) is 21.1. The number of aliphatic hydroxyl groups is 16. The summed E-state index contributed by atoms with van der Waals surface area (Å²) in [4.78, 5) is 61.8. The molecule has 0 saturated carbocycles. The molecule has 5 aromatic carbocycles. The lowest BCUT2D eigenvalue weighted by molar-refractivity contribution is -0.294. The van der Waals surface area contributed by atoms with Crippen molar-refractivity contribution in [1.29, 1.82) is 0 Å². The van der Waals surface area contributed by atoms with Gasteiger partial charge < -0.3 is 173 Å². The molecule has 0 bridgehead atoms. The summed E-state index contributed by atoms with van der Waals surface area (Å²) >= 11 is 0. The highest BCUT2D eigenvalue weighted by Gasteiger charge is 2.51. The molecule has 5 fully saturated rings. The zero-order valence-electron chi connectivity index (χ0n) is 59.7. The van der Waals surface area contributed by atoms with Crippen molar-refractivity contribution in [2.45, 2.75) is 166 Å². The van der Waals surface area contributed by atoms with Gasteiger partial charge in [-0.25, -0.2) is 14.4 Å². The fourth-order valence-electron chi connectivity index (χ4n) is 12.2. The van der Waals surface area contributed by atoms with Crippen molar-refractivity contribution in [1.82, 2.24) is 0 Å². The molecule has 0 amide bonds. The number of carboxylic acids is 1. The molecule has 1 unspecified atom stereocenters. The number of phenolic OH excluding ortho intramolecular Hbond substituents is 3. The SMILES string of the molecule is O=C(O)CC(=O)OC[C@H]1O[C@@H](OC2=Cc3c(O)cc(O[C@@H]4O[C@H](COC(=O)/C=C/c5ccc(O)cc5)[C@@H](O)[C@H](O)[C@H]4O)cc3OC2c2ccc(O)c(O[C@@H]3O[C@H](COC(=O)/C=C/c4ccc(O[C@@H]5O[C@H](COC(=O)/C=C/c6ccc(O[C@@H]7O[C@H](CO)[C@@H](O)[C@H](O)[C@H]7O)cc6)[C@@H](O)[C@H](O)[C@H]5O)cc4)[C@@H](O)[C@@H](O)[C@@H]3O)c2)[C@H](O)[C@H](O)[C@@H]1O. The van der Waals surface area contributed by atoms with Gasteiger partial charge in [0.1, 0.15) is 195 Å². The summed E-state index contributed by atoms with van der Waals surface area (Å²) in [6.45, 7) is -3.66. The third-order valence-corrected chi connectivity index (χ3v) is 18.7. The van der Waals surface area contributed by atoms with Crippen LogP contribution in [-0.4, -0.2) is 319 Å². The van der Waals surface area contributed by atoms with Gasteiger partial charge in [-0.15, -0.1) is 0 Å². The highest BCUT2D eigenvalue weighted by Crippen LogP contribution is 2.47. The number of phenols is 3. The Morgan fingerprint density at radius 2 is 0.739 bits per heavy atom. The van der Waals surface area contributed by atoms with Gasteiger partial charge in [0.15, 0.2) is 17.6 Å². The molecule has 40 heteroatoms. The smallest absolute Gasteiger partial charge is 0.330 e. The van der Waals surface area contributed by atoms with E-state index in [1.165, 1.54) is 97.1 Å². The van der Waals surface area contributed by atoms with Crippen LogP contribution in [0.1, 0.15) is 40.3 Å². The van der Waals surface area contributed by atoms with Crippen LogP contribution in [0.15, 0.2) is 127 Å². The number of aliphatic hydroxyl groups excluding tert-OH is 16. The first-order valence-electron chi connectivity index (χ1n) is 35.2. The van der Waals surface area contributed by atoms with Gasteiger partial charge in [0, 0.05) is 35.9 Å². The summed E-state index contributed by atoms with van der Waals surface area (Å²) in [5, 5.41) is 212. The van der Waals surface area contributed by atoms with Crippen LogP contribution in [0, 0.1) is 0 Å². The number of hydrogen-bond acceptors (Lipinski definition) is 39. The second-order valence-corrected chi connectivity index (χ2v) is 26.8. The first-order valence-corrected chi connectivity index (χ1v) is 35.2. The maximum absolute atomic E-state index is 13.1. The Morgan fingerprint density at radius 1 is 0.374 bits per heavy atom. The minimum absolute atomic E-state index is 0.0215. The number of esters is 4. The molecule has 0 aromatic heterocycles. The highest BCUT2D eigenvalue weighted by atomic mass is 16.7. The quantitative estimate of drug-likeness (QED) is 0.00973. The van der Waals surface area contributed by atoms with Gasteiger partial charge in [0.05, 0.1) is 12.2 Å². The summed E-state index contributed by atoms with van der Waals surface area (Å²) in [5.74, 6) is -8.52. The molecule has 0 aliphatic carbocycles. The van der Waals surface area contributed by atoms with E-state index in [0.717, 1.165) is 48.6 Å². The molecular formula is C75H82O40. The van der Waals surface area contributed by atoms with Crippen molar-refractivity contribution in [3.63, 3.8) is 0 Å². The maximum atomic E-state index is 13.1. The summed E-state index contributed by atoms with van der Waals surface area (Å²) in [6.07, 6.45) is -39.6. The number of aliphatic carboxylic acids is 1. The fourth-order valence-corrected chi connectivity index (χ4v) is 12.2. The molecule has 6 heterocycles. The van der Waals surface area contributed by atoms with Crippen molar-refractivity contribution in [3.8, 4) is 46.0 Å². The molecule has 6 aliphatic heterocycles. The molecule has 6 aliphatic rings. The van der Waals surface area contributed by atoms with Crippen LogP contribution in [0.25, 0.3) is 24.3 Å². The number of hydrogen-bond donors (Lipinski definition) is 20. The minimum Gasteiger partial charge on any atom is -0.508 e. The van der Waals surface area contributed by atoms with Gasteiger partial charge in [0.25, 0.3) is 0 Å². The Kier molecular flexibility index (Phi) is 28.3. The van der Waals surface area contributed by atoms with Crippen LogP contribution in [0.4, 0.5) is 0 Å². The molecule has 40 nitrogen and oxygen atoms in total. The van der Waals surface area contributed by atoms with Crippen LogP contribution in [0.5, 0.6) is 46.0 Å². The number of carbonyl (C=O) groups is 5. The summed E-state index contributed by atoms with van der Waals surface area (Å²) in [5.41, 5.74) is 0.995. The lowest BCUT2D eigenvalue weighted by Gasteiger charge is -2.41. The van der Waals surface area contributed by atoms with E-state index in [1.807, 2.05) is 0 Å². The van der Waals surface area contributed by atoms with Crippen molar-refractivity contribution in [3.05, 3.63) is 155 Å². The number of benzene rings is 5. The van der Waals surface area contributed by atoms with E-state index >= 15 is 0 Å². The van der Waals surface area contributed by atoms with Crippen LogP contribution >= 0.6 is 0 Å².